The zero-order valence-electron chi connectivity index (χ0n) is 10.1. The Morgan fingerprint density at radius 3 is 1.90 bits per heavy atom. The van der Waals surface area contributed by atoms with Crippen molar-refractivity contribution in [1.82, 2.24) is 0 Å². The SMILES string of the molecule is O=C(OC1CC2CCC1C2)C(O)(C(F)(F)F)C(F)(F)F. The molecule has 3 atom stereocenters. The van der Waals surface area contributed by atoms with Crippen LogP contribution in [-0.2, 0) is 9.53 Å². The monoisotopic (exact) mass is 306 g/mol. The lowest BCUT2D eigenvalue weighted by atomic mass is 9.97. The molecule has 0 aromatic carbocycles. The van der Waals surface area contributed by atoms with Gasteiger partial charge < -0.3 is 9.84 Å². The molecule has 0 saturated heterocycles. The van der Waals surface area contributed by atoms with Gasteiger partial charge >= 0.3 is 23.9 Å². The summed E-state index contributed by atoms with van der Waals surface area (Å²) in [6.07, 6.45) is -11.0. The van der Waals surface area contributed by atoms with E-state index in [9.17, 15) is 31.1 Å². The number of carbonyl (C=O) groups excluding carboxylic acids is 1. The number of fused-ring (bicyclic) bond motifs is 2. The van der Waals surface area contributed by atoms with Crippen molar-refractivity contribution in [2.45, 2.75) is 49.7 Å². The smallest absolute Gasteiger partial charge is 0.437 e. The standard InChI is InChI=1S/C11H12F6O3/c12-10(13,14)9(19,11(15,16)17)8(18)20-7-4-5-1-2-6(7)3-5/h5-7,19H,1-4H2. The van der Waals surface area contributed by atoms with Gasteiger partial charge in [0, 0.05) is 0 Å². The fourth-order valence-electron chi connectivity index (χ4n) is 2.95. The first-order valence-electron chi connectivity index (χ1n) is 6.03. The lowest BCUT2D eigenvalue weighted by Gasteiger charge is -2.32. The second kappa shape index (κ2) is 4.51. The highest BCUT2D eigenvalue weighted by Gasteiger charge is 2.77. The molecule has 2 fully saturated rings. The van der Waals surface area contributed by atoms with Crippen LogP contribution in [0.4, 0.5) is 26.3 Å². The molecule has 1 N–H and O–H groups in total. The molecule has 116 valence electrons. The van der Waals surface area contributed by atoms with Crippen LogP contribution in [-0.4, -0.2) is 35.1 Å². The minimum absolute atomic E-state index is 0.169. The number of ether oxygens (including phenoxy) is 1. The van der Waals surface area contributed by atoms with Gasteiger partial charge in [-0.2, -0.15) is 26.3 Å². The zero-order chi connectivity index (χ0) is 15.3. The van der Waals surface area contributed by atoms with Gasteiger partial charge in [-0.25, -0.2) is 4.79 Å². The molecule has 0 amide bonds. The summed E-state index contributed by atoms with van der Waals surface area (Å²) in [5.41, 5.74) is -5.47. The van der Waals surface area contributed by atoms with Gasteiger partial charge in [-0.3, -0.25) is 0 Å². The van der Waals surface area contributed by atoms with Gasteiger partial charge in [-0.15, -0.1) is 0 Å². The van der Waals surface area contributed by atoms with Crippen LogP contribution in [0, 0.1) is 11.8 Å². The van der Waals surface area contributed by atoms with Crippen LogP contribution in [0.1, 0.15) is 25.7 Å². The molecule has 20 heavy (non-hydrogen) atoms. The third kappa shape index (κ3) is 2.25. The Morgan fingerprint density at radius 2 is 1.55 bits per heavy atom. The summed E-state index contributed by atoms with van der Waals surface area (Å²) in [6.45, 7) is 0. The number of hydrogen-bond acceptors (Lipinski definition) is 3. The molecule has 9 heteroatoms. The number of halogens is 6. The van der Waals surface area contributed by atoms with Crippen LogP contribution in [0.25, 0.3) is 0 Å². The van der Waals surface area contributed by atoms with E-state index >= 15 is 0 Å². The van der Waals surface area contributed by atoms with Gasteiger partial charge in [-0.1, -0.05) is 0 Å². The molecule has 0 heterocycles. The van der Waals surface area contributed by atoms with Crippen molar-refractivity contribution in [3.63, 3.8) is 0 Å². The van der Waals surface area contributed by atoms with Crippen molar-refractivity contribution in [3.05, 3.63) is 0 Å². The van der Waals surface area contributed by atoms with E-state index in [2.05, 4.69) is 4.74 Å². The third-order valence-corrected chi connectivity index (χ3v) is 4.05. The summed E-state index contributed by atoms with van der Waals surface area (Å²) in [5, 5.41) is 8.86. The molecule has 0 aromatic rings. The average molecular weight is 306 g/mol. The van der Waals surface area contributed by atoms with Crippen LogP contribution in [0.15, 0.2) is 0 Å². The second-order valence-corrected chi connectivity index (χ2v) is 5.32. The zero-order valence-corrected chi connectivity index (χ0v) is 10.1. The van der Waals surface area contributed by atoms with Gasteiger partial charge in [0.1, 0.15) is 6.10 Å². The molecule has 3 unspecified atom stereocenters. The summed E-state index contributed by atoms with van der Waals surface area (Å²) in [5.74, 6) is -2.73. The molecule has 0 aliphatic heterocycles. The molecule has 2 bridgehead atoms. The summed E-state index contributed by atoms with van der Waals surface area (Å²) in [4.78, 5) is 11.3. The largest absolute Gasteiger partial charge is 0.459 e. The van der Waals surface area contributed by atoms with Crippen molar-refractivity contribution in [1.29, 1.82) is 0 Å². The number of carbonyl (C=O) groups is 1. The van der Waals surface area contributed by atoms with E-state index in [1.165, 1.54) is 0 Å². The van der Waals surface area contributed by atoms with Gasteiger partial charge in [0.05, 0.1) is 0 Å². The van der Waals surface area contributed by atoms with Crippen LogP contribution >= 0.6 is 0 Å². The van der Waals surface area contributed by atoms with Gasteiger partial charge in [0.25, 0.3) is 0 Å². The van der Waals surface area contributed by atoms with Crippen molar-refractivity contribution >= 4 is 5.97 Å². The fraction of sp³-hybridized carbons (Fsp3) is 0.909. The van der Waals surface area contributed by atoms with Crippen molar-refractivity contribution in [2.75, 3.05) is 0 Å². The molecule has 2 rings (SSSR count). The molecule has 2 aliphatic rings. The minimum Gasteiger partial charge on any atom is -0.459 e. The van der Waals surface area contributed by atoms with Crippen LogP contribution in [0.5, 0.6) is 0 Å². The van der Waals surface area contributed by atoms with E-state index < -0.39 is 30.0 Å². The fourth-order valence-corrected chi connectivity index (χ4v) is 2.95. The predicted molar refractivity (Wildman–Crippen MR) is 52.4 cm³/mol. The summed E-state index contributed by atoms with van der Waals surface area (Å²) < 4.78 is 79.0. The van der Waals surface area contributed by atoms with Gasteiger partial charge in [0.2, 0.25) is 0 Å². The van der Waals surface area contributed by atoms with E-state index in [4.69, 9.17) is 5.11 Å². The first kappa shape index (κ1) is 15.4. The average Bonchev–Trinajstić information content (AvgIpc) is 2.86. The predicted octanol–water partition coefficient (Wildman–Crippen LogP) is 2.57. The Kier molecular flexibility index (Phi) is 3.47. The second-order valence-electron chi connectivity index (χ2n) is 5.32. The van der Waals surface area contributed by atoms with Crippen molar-refractivity contribution in [3.8, 4) is 0 Å². The lowest BCUT2D eigenvalue weighted by molar-refractivity contribution is -0.358. The Labute approximate surface area is 109 Å². The van der Waals surface area contributed by atoms with Crippen molar-refractivity contribution in [2.24, 2.45) is 11.8 Å². The van der Waals surface area contributed by atoms with E-state index in [0.29, 0.717) is 12.8 Å². The number of esters is 1. The van der Waals surface area contributed by atoms with Crippen LogP contribution in [0.2, 0.25) is 0 Å². The summed E-state index contributed by atoms with van der Waals surface area (Å²) in [7, 11) is 0. The highest BCUT2D eigenvalue weighted by molar-refractivity contribution is 5.81. The molecular weight excluding hydrogens is 294 g/mol. The molecule has 3 nitrogen and oxygen atoms in total. The first-order chi connectivity index (χ1) is 8.97. The molecule has 0 spiro atoms. The van der Waals surface area contributed by atoms with Crippen molar-refractivity contribution < 1.29 is 41.0 Å². The molecule has 0 aromatic heterocycles. The van der Waals surface area contributed by atoms with Gasteiger partial charge in [0.15, 0.2) is 0 Å². The Bertz CT molecular complexity index is 388. The van der Waals surface area contributed by atoms with Crippen LogP contribution in [0.3, 0.4) is 0 Å². The quantitative estimate of drug-likeness (QED) is 0.630. The normalized spacial score (nSPS) is 30.6. The van der Waals surface area contributed by atoms with Gasteiger partial charge in [-0.05, 0) is 37.5 Å². The van der Waals surface area contributed by atoms with E-state index in [0.717, 1.165) is 6.42 Å². The topological polar surface area (TPSA) is 46.5 Å². The van der Waals surface area contributed by atoms with E-state index in [1.807, 2.05) is 0 Å². The maximum Gasteiger partial charge on any atom is 0.437 e. The number of rotatable bonds is 2. The van der Waals surface area contributed by atoms with E-state index in [1.54, 1.807) is 0 Å². The maximum absolute atomic E-state index is 12.4. The Hall–Kier alpha value is -0.990. The highest BCUT2D eigenvalue weighted by Crippen LogP contribution is 2.48. The third-order valence-electron chi connectivity index (χ3n) is 4.05. The number of alkyl halides is 6. The molecular formula is C11H12F6O3. The maximum atomic E-state index is 12.4. The summed E-state index contributed by atoms with van der Waals surface area (Å²) in [6, 6.07) is 0. The van der Waals surface area contributed by atoms with E-state index in [-0.39, 0.29) is 18.3 Å². The lowest BCUT2D eigenvalue weighted by Crippen LogP contribution is -2.63. The first-order valence-corrected chi connectivity index (χ1v) is 6.03. The summed E-state index contributed by atoms with van der Waals surface area (Å²) >= 11 is 0. The Morgan fingerprint density at radius 1 is 1.00 bits per heavy atom. The molecule has 0 radical (unpaired) electrons. The van der Waals surface area contributed by atoms with Crippen LogP contribution < -0.4 is 0 Å². The Balaban J connectivity index is 2.16. The minimum atomic E-state index is -6.18. The highest BCUT2D eigenvalue weighted by atomic mass is 19.4. The molecule has 2 aliphatic carbocycles. The number of hydrogen-bond donors (Lipinski definition) is 1. The number of aliphatic hydroxyl groups is 1. The molecule has 2 saturated carbocycles.